The molecule has 4 atom stereocenters. The standard InChI is InChI=1S/C20H29O2P/c1-7-18(21)17-13-14(2)19(15(17)3)23(22,20(4,5)6)16-11-9-8-10-12-16/h8-12,15,17,19H,2,7,13H2,1,3-6H3/t15-,17-,19-,23-/m0/s1. The quantitative estimate of drug-likeness (QED) is 0.572. The van der Waals surface area contributed by atoms with E-state index in [-0.39, 0.29) is 28.4 Å². The molecule has 0 saturated heterocycles. The van der Waals surface area contributed by atoms with Crippen LogP contribution in [0.3, 0.4) is 0 Å². The number of allylic oxidation sites excluding steroid dienone is 1. The van der Waals surface area contributed by atoms with E-state index in [9.17, 15) is 9.36 Å². The second kappa shape index (κ2) is 6.40. The Bertz CT molecular complexity index is 639. The van der Waals surface area contributed by atoms with E-state index in [0.717, 1.165) is 10.9 Å². The first-order valence-corrected chi connectivity index (χ1v) is 10.3. The van der Waals surface area contributed by atoms with Crippen molar-refractivity contribution in [2.45, 2.75) is 58.3 Å². The van der Waals surface area contributed by atoms with Gasteiger partial charge in [-0.1, -0.05) is 77.1 Å². The van der Waals surface area contributed by atoms with Gasteiger partial charge < -0.3 is 4.57 Å². The van der Waals surface area contributed by atoms with Crippen LogP contribution in [0.1, 0.15) is 47.5 Å². The van der Waals surface area contributed by atoms with Gasteiger partial charge in [-0.25, -0.2) is 0 Å². The molecule has 0 N–H and O–H groups in total. The van der Waals surface area contributed by atoms with Crippen molar-refractivity contribution in [3.05, 3.63) is 42.5 Å². The Morgan fingerprint density at radius 3 is 2.30 bits per heavy atom. The van der Waals surface area contributed by atoms with Crippen LogP contribution >= 0.6 is 7.14 Å². The highest BCUT2D eigenvalue weighted by Gasteiger charge is 2.53. The van der Waals surface area contributed by atoms with E-state index >= 15 is 0 Å². The minimum absolute atomic E-state index is 0.0307. The summed E-state index contributed by atoms with van der Waals surface area (Å²) in [4.78, 5) is 12.3. The van der Waals surface area contributed by atoms with Crippen molar-refractivity contribution in [2.24, 2.45) is 11.8 Å². The summed E-state index contributed by atoms with van der Waals surface area (Å²) in [5.74, 6) is 0.326. The fourth-order valence-corrected chi connectivity index (χ4v) is 8.09. The molecule has 0 bridgehead atoms. The van der Waals surface area contributed by atoms with E-state index in [2.05, 4.69) is 34.3 Å². The Morgan fingerprint density at radius 2 is 1.83 bits per heavy atom. The summed E-state index contributed by atoms with van der Waals surface area (Å²) >= 11 is 0. The highest BCUT2D eigenvalue weighted by atomic mass is 31.2. The Labute approximate surface area is 140 Å². The molecule has 126 valence electrons. The second-order valence-electron chi connectivity index (χ2n) is 7.76. The highest BCUT2D eigenvalue weighted by molar-refractivity contribution is 7.74. The Kier molecular flexibility index (Phi) is 5.06. The smallest absolute Gasteiger partial charge is 0.136 e. The Balaban J connectivity index is 2.56. The maximum atomic E-state index is 14.3. The molecule has 0 heterocycles. The molecule has 1 saturated carbocycles. The molecule has 1 aliphatic carbocycles. The number of carbonyl (C=O) groups excluding carboxylic acids is 1. The highest BCUT2D eigenvalue weighted by Crippen LogP contribution is 2.67. The monoisotopic (exact) mass is 332 g/mol. The molecule has 1 aromatic rings. The lowest BCUT2D eigenvalue weighted by atomic mass is 9.92. The van der Waals surface area contributed by atoms with E-state index in [1.807, 2.05) is 37.3 Å². The number of hydrogen-bond acceptors (Lipinski definition) is 2. The van der Waals surface area contributed by atoms with Crippen LogP contribution in [0.5, 0.6) is 0 Å². The fourth-order valence-electron chi connectivity index (χ4n) is 4.05. The first-order chi connectivity index (χ1) is 10.6. The first-order valence-electron chi connectivity index (χ1n) is 8.50. The van der Waals surface area contributed by atoms with Crippen LogP contribution in [0.4, 0.5) is 0 Å². The molecule has 0 spiro atoms. The van der Waals surface area contributed by atoms with Crippen molar-refractivity contribution in [2.75, 3.05) is 0 Å². The molecule has 1 aromatic carbocycles. The molecule has 0 amide bonds. The van der Waals surface area contributed by atoms with Gasteiger partial charge in [-0.3, -0.25) is 4.79 Å². The molecule has 2 nitrogen and oxygen atoms in total. The number of hydrogen-bond donors (Lipinski definition) is 0. The largest absolute Gasteiger partial charge is 0.317 e. The summed E-state index contributed by atoms with van der Waals surface area (Å²) in [5.41, 5.74) is 0.886. The van der Waals surface area contributed by atoms with E-state index in [1.165, 1.54) is 0 Å². The van der Waals surface area contributed by atoms with Crippen LogP contribution in [0.15, 0.2) is 42.5 Å². The molecule has 0 aliphatic heterocycles. The second-order valence-corrected chi connectivity index (χ2v) is 11.5. The van der Waals surface area contributed by atoms with Crippen molar-refractivity contribution in [3.63, 3.8) is 0 Å². The number of Topliss-reactive ketones (excluding diaryl/α,β-unsaturated/α-hetero) is 1. The van der Waals surface area contributed by atoms with E-state index in [1.54, 1.807) is 0 Å². The average Bonchev–Trinajstić information content (AvgIpc) is 2.80. The summed E-state index contributed by atoms with van der Waals surface area (Å²) in [5, 5.41) is 0.551. The van der Waals surface area contributed by atoms with Gasteiger partial charge in [0.2, 0.25) is 0 Å². The summed E-state index contributed by atoms with van der Waals surface area (Å²) < 4.78 is 14.3. The molecule has 1 aliphatic rings. The number of ketones is 1. The lowest BCUT2D eigenvalue weighted by molar-refractivity contribution is -0.123. The van der Waals surface area contributed by atoms with Crippen LogP contribution < -0.4 is 5.30 Å². The molecule has 3 heteroatoms. The van der Waals surface area contributed by atoms with E-state index in [4.69, 9.17) is 0 Å². The molecular formula is C20H29O2P. The SMILES string of the molecule is C=C1C[C@H](C(=O)CC)[C@H](C)[C@H]1[P@@](=O)(c1ccccc1)C(C)(C)C. The maximum Gasteiger partial charge on any atom is 0.136 e. The third-order valence-electron chi connectivity index (χ3n) is 5.32. The molecule has 0 unspecified atom stereocenters. The topological polar surface area (TPSA) is 34.1 Å². The van der Waals surface area contributed by atoms with Gasteiger partial charge in [0.05, 0.1) is 0 Å². The molecule has 23 heavy (non-hydrogen) atoms. The molecule has 0 radical (unpaired) electrons. The zero-order valence-electron chi connectivity index (χ0n) is 15.0. The van der Waals surface area contributed by atoms with Gasteiger partial charge in [0.15, 0.2) is 0 Å². The minimum Gasteiger partial charge on any atom is -0.317 e. The van der Waals surface area contributed by atoms with Crippen LogP contribution in [-0.2, 0) is 9.36 Å². The average molecular weight is 332 g/mol. The Hall–Kier alpha value is -1.14. The summed E-state index contributed by atoms with van der Waals surface area (Å²) in [6, 6.07) is 9.80. The fraction of sp³-hybridized carbons (Fsp3) is 0.550. The predicted octanol–water partition coefficient (Wildman–Crippen LogP) is 5.03. The van der Waals surface area contributed by atoms with Gasteiger partial charge in [-0.05, 0) is 12.3 Å². The zero-order chi connectivity index (χ0) is 17.4. The number of benzene rings is 1. The van der Waals surface area contributed by atoms with Gasteiger partial charge in [0.25, 0.3) is 0 Å². The summed E-state index contributed by atoms with van der Waals surface area (Å²) in [6.45, 7) is 14.4. The molecule has 1 fully saturated rings. The third kappa shape index (κ3) is 2.98. The van der Waals surface area contributed by atoms with Crippen molar-refractivity contribution >= 4 is 18.2 Å². The summed E-state index contributed by atoms with van der Waals surface area (Å²) in [7, 11) is -2.75. The van der Waals surface area contributed by atoms with Crippen LogP contribution in [-0.4, -0.2) is 16.6 Å². The van der Waals surface area contributed by atoms with Gasteiger partial charge in [-0.2, -0.15) is 0 Å². The van der Waals surface area contributed by atoms with E-state index in [0.29, 0.717) is 12.8 Å². The van der Waals surface area contributed by atoms with Crippen molar-refractivity contribution < 1.29 is 9.36 Å². The Morgan fingerprint density at radius 1 is 1.26 bits per heavy atom. The molecule has 2 rings (SSSR count). The zero-order valence-corrected chi connectivity index (χ0v) is 15.9. The van der Waals surface area contributed by atoms with Crippen LogP contribution in [0.2, 0.25) is 0 Å². The molecular weight excluding hydrogens is 303 g/mol. The van der Waals surface area contributed by atoms with Crippen molar-refractivity contribution in [3.8, 4) is 0 Å². The first kappa shape index (κ1) is 18.2. The lowest BCUT2D eigenvalue weighted by Gasteiger charge is -2.39. The van der Waals surface area contributed by atoms with Gasteiger partial charge in [-0.15, -0.1) is 0 Å². The predicted molar refractivity (Wildman–Crippen MR) is 98.9 cm³/mol. The van der Waals surface area contributed by atoms with Gasteiger partial charge >= 0.3 is 0 Å². The third-order valence-corrected chi connectivity index (χ3v) is 10.0. The normalized spacial score (nSPS) is 27.7. The van der Waals surface area contributed by atoms with Gasteiger partial charge in [0.1, 0.15) is 12.9 Å². The van der Waals surface area contributed by atoms with Gasteiger partial charge in [0, 0.05) is 28.5 Å². The summed E-state index contributed by atoms with van der Waals surface area (Å²) in [6.07, 6.45) is 1.23. The minimum atomic E-state index is -2.75. The lowest BCUT2D eigenvalue weighted by Crippen LogP contribution is -2.34. The maximum absolute atomic E-state index is 14.3. The molecule has 0 aromatic heterocycles. The van der Waals surface area contributed by atoms with Crippen LogP contribution in [0.25, 0.3) is 0 Å². The number of rotatable bonds is 4. The number of carbonyl (C=O) groups is 1. The van der Waals surface area contributed by atoms with E-state index < -0.39 is 7.14 Å². The van der Waals surface area contributed by atoms with Crippen molar-refractivity contribution in [1.29, 1.82) is 0 Å². The van der Waals surface area contributed by atoms with Crippen LogP contribution in [0, 0.1) is 11.8 Å². The van der Waals surface area contributed by atoms with Crippen molar-refractivity contribution in [1.82, 2.24) is 0 Å².